The summed E-state index contributed by atoms with van der Waals surface area (Å²) in [6.07, 6.45) is 6.82. The number of amides is 1. The molecule has 1 saturated carbocycles. The average molecular weight is 295 g/mol. The number of thioether (sulfide) groups is 1. The van der Waals surface area contributed by atoms with Crippen LogP contribution in [0.5, 0.6) is 11.5 Å². The molecule has 20 heavy (non-hydrogen) atoms. The molecule has 0 radical (unpaired) electrons. The van der Waals surface area contributed by atoms with E-state index in [1.165, 1.54) is 20.0 Å². The lowest BCUT2D eigenvalue weighted by Crippen LogP contribution is -2.38. The minimum atomic E-state index is -0.248. The summed E-state index contributed by atoms with van der Waals surface area (Å²) in [5.41, 5.74) is 0.263. The SMILES string of the molecule is COc1cccc(C(=O)NCC2(SC)CCCC2)c1O. The number of para-hydroxylation sites is 1. The van der Waals surface area contributed by atoms with E-state index in [1.54, 1.807) is 18.2 Å². The van der Waals surface area contributed by atoms with E-state index >= 15 is 0 Å². The third kappa shape index (κ3) is 3.03. The van der Waals surface area contributed by atoms with Crippen LogP contribution >= 0.6 is 11.8 Å². The first kappa shape index (κ1) is 15.0. The highest BCUT2D eigenvalue weighted by Gasteiger charge is 2.33. The zero-order chi connectivity index (χ0) is 14.6. The zero-order valence-electron chi connectivity index (χ0n) is 11.9. The Morgan fingerprint density at radius 2 is 2.15 bits per heavy atom. The van der Waals surface area contributed by atoms with E-state index in [4.69, 9.17) is 4.74 Å². The van der Waals surface area contributed by atoms with Crippen molar-refractivity contribution in [3.05, 3.63) is 23.8 Å². The van der Waals surface area contributed by atoms with Crippen LogP contribution in [-0.2, 0) is 0 Å². The van der Waals surface area contributed by atoms with Gasteiger partial charge in [0.25, 0.3) is 5.91 Å². The molecule has 1 fully saturated rings. The third-order valence-corrected chi connectivity index (χ3v) is 5.40. The number of hydrogen-bond donors (Lipinski definition) is 2. The van der Waals surface area contributed by atoms with E-state index in [1.807, 2.05) is 11.8 Å². The van der Waals surface area contributed by atoms with Crippen molar-refractivity contribution in [1.29, 1.82) is 0 Å². The molecule has 0 heterocycles. The van der Waals surface area contributed by atoms with E-state index in [-0.39, 0.29) is 22.0 Å². The highest BCUT2D eigenvalue weighted by atomic mass is 32.2. The van der Waals surface area contributed by atoms with E-state index in [0.717, 1.165) is 12.8 Å². The Balaban J connectivity index is 2.05. The van der Waals surface area contributed by atoms with Gasteiger partial charge in [-0.2, -0.15) is 11.8 Å². The molecule has 1 aromatic carbocycles. The van der Waals surface area contributed by atoms with Gasteiger partial charge >= 0.3 is 0 Å². The molecule has 4 nitrogen and oxygen atoms in total. The second kappa shape index (κ2) is 6.39. The quantitative estimate of drug-likeness (QED) is 0.877. The largest absolute Gasteiger partial charge is 0.504 e. The summed E-state index contributed by atoms with van der Waals surface area (Å²) in [5, 5.41) is 12.9. The normalized spacial score (nSPS) is 16.9. The number of phenols is 1. The number of hydrogen-bond acceptors (Lipinski definition) is 4. The number of rotatable bonds is 5. The Morgan fingerprint density at radius 1 is 1.45 bits per heavy atom. The van der Waals surface area contributed by atoms with Gasteiger partial charge in [0.05, 0.1) is 12.7 Å². The van der Waals surface area contributed by atoms with Crippen LogP contribution in [0.25, 0.3) is 0 Å². The first-order valence-corrected chi connectivity index (χ1v) is 8.04. The molecule has 0 bridgehead atoms. The van der Waals surface area contributed by atoms with Crippen LogP contribution in [0.4, 0.5) is 0 Å². The first-order valence-electron chi connectivity index (χ1n) is 6.81. The van der Waals surface area contributed by atoms with E-state index in [0.29, 0.717) is 12.3 Å². The van der Waals surface area contributed by atoms with Crippen LogP contribution in [0.1, 0.15) is 36.0 Å². The van der Waals surface area contributed by atoms with Gasteiger partial charge in [-0.3, -0.25) is 4.79 Å². The minimum Gasteiger partial charge on any atom is -0.504 e. The molecule has 1 amide bonds. The number of carbonyl (C=O) groups excluding carboxylic acids is 1. The molecule has 0 aromatic heterocycles. The van der Waals surface area contributed by atoms with Crippen LogP contribution in [0.3, 0.4) is 0 Å². The minimum absolute atomic E-state index is 0.0999. The van der Waals surface area contributed by atoms with Crippen LogP contribution in [0.15, 0.2) is 18.2 Å². The van der Waals surface area contributed by atoms with Gasteiger partial charge in [0.2, 0.25) is 0 Å². The van der Waals surface area contributed by atoms with Crippen molar-refractivity contribution in [2.45, 2.75) is 30.4 Å². The van der Waals surface area contributed by atoms with Crippen molar-refractivity contribution in [3.8, 4) is 11.5 Å². The van der Waals surface area contributed by atoms with Crippen molar-refractivity contribution in [3.63, 3.8) is 0 Å². The lowest BCUT2D eigenvalue weighted by atomic mass is 10.1. The molecule has 0 aliphatic heterocycles. The summed E-state index contributed by atoms with van der Waals surface area (Å²) in [6.45, 7) is 0.643. The number of phenolic OH excluding ortho intramolecular Hbond substituents is 1. The standard InChI is InChI=1S/C15H21NO3S/c1-19-12-7-5-6-11(13(12)17)14(18)16-10-15(20-2)8-3-4-9-15/h5-7,17H,3-4,8-10H2,1-2H3,(H,16,18). The average Bonchev–Trinajstić information content (AvgIpc) is 2.94. The van der Waals surface area contributed by atoms with E-state index in [9.17, 15) is 9.90 Å². The second-order valence-corrected chi connectivity index (χ2v) is 6.41. The summed E-state index contributed by atoms with van der Waals surface area (Å²) in [4.78, 5) is 12.2. The van der Waals surface area contributed by atoms with Gasteiger partial charge < -0.3 is 15.2 Å². The summed E-state index contributed by atoms with van der Waals surface area (Å²) < 4.78 is 5.18. The second-order valence-electron chi connectivity index (χ2n) is 5.13. The molecule has 2 rings (SSSR count). The lowest BCUT2D eigenvalue weighted by molar-refractivity contribution is 0.0946. The van der Waals surface area contributed by atoms with Crippen molar-refractivity contribution < 1.29 is 14.6 Å². The topological polar surface area (TPSA) is 58.6 Å². The Labute approximate surface area is 123 Å². The molecule has 1 aliphatic rings. The number of benzene rings is 1. The fourth-order valence-electron chi connectivity index (χ4n) is 2.68. The monoisotopic (exact) mass is 295 g/mol. The summed E-state index contributed by atoms with van der Waals surface area (Å²) in [7, 11) is 1.47. The van der Waals surface area contributed by atoms with Crippen molar-refractivity contribution in [1.82, 2.24) is 5.32 Å². The lowest BCUT2D eigenvalue weighted by Gasteiger charge is -2.27. The maximum Gasteiger partial charge on any atom is 0.255 e. The predicted octanol–water partition coefficient (Wildman–Crippen LogP) is 2.81. The van der Waals surface area contributed by atoms with Gasteiger partial charge in [-0.15, -0.1) is 0 Å². The Kier molecular flexibility index (Phi) is 4.81. The van der Waals surface area contributed by atoms with Gasteiger partial charge in [0.15, 0.2) is 11.5 Å². The van der Waals surface area contributed by atoms with Crippen LogP contribution < -0.4 is 10.1 Å². The molecule has 2 N–H and O–H groups in total. The summed E-state index contributed by atoms with van der Waals surface area (Å²) in [6, 6.07) is 4.94. The van der Waals surface area contributed by atoms with Gasteiger partial charge in [0, 0.05) is 11.3 Å². The highest BCUT2D eigenvalue weighted by Crippen LogP contribution is 2.39. The fraction of sp³-hybridized carbons (Fsp3) is 0.533. The molecule has 0 saturated heterocycles. The number of nitrogens with one attached hydrogen (secondary N) is 1. The Bertz CT molecular complexity index is 484. The van der Waals surface area contributed by atoms with Crippen LogP contribution in [-0.4, -0.2) is 35.7 Å². The van der Waals surface area contributed by atoms with Gasteiger partial charge in [-0.1, -0.05) is 18.9 Å². The molecular formula is C15H21NO3S. The fourth-order valence-corrected chi connectivity index (χ4v) is 3.59. The van der Waals surface area contributed by atoms with E-state index < -0.39 is 0 Å². The molecule has 0 atom stereocenters. The Morgan fingerprint density at radius 3 is 2.75 bits per heavy atom. The third-order valence-electron chi connectivity index (χ3n) is 3.98. The molecule has 5 heteroatoms. The van der Waals surface area contributed by atoms with Gasteiger partial charge in [-0.25, -0.2) is 0 Å². The summed E-state index contributed by atoms with van der Waals surface area (Å²) in [5.74, 6) is -0.0306. The van der Waals surface area contributed by atoms with Crippen molar-refractivity contribution >= 4 is 17.7 Å². The molecule has 1 aliphatic carbocycles. The number of ether oxygens (including phenoxy) is 1. The number of carbonyl (C=O) groups is 1. The number of methoxy groups -OCH3 is 1. The van der Waals surface area contributed by atoms with Crippen molar-refractivity contribution in [2.24, 2.45) is 0 Å². The van der Waals surface area contributed by atoms with Crippen molar-refractivity contribution in [2.75, 3.05) is 19.9 Å². The number of aromatic hydroxyl groups is 1. The highest BCUT2D eigenvalue weighted by molar-refractivity contribution is 8.00. The maximum absolute atomic E-state index is 12.2. The van der Waals surface area contributed by atoms with Crippen LogP contribution in [0, 0.1) is 0 Å². The molecular weight excluding hydrogens is 274 g/mol. The van der Waals surface area contributed by atoms with Crippen LogP contribution in [0.2, 0.25) is 0 Å². The molecule has 0 spiro atoms. The smallest absolute Gasteiger partial charge is 0.255 e. The predicted molar refractivity (Wildman–Crippen MR) is 81.7 cm³/mol. The maximum atomic E-state index is 12.2. The summed E-state index contributed by atoms with van der Waals surface area (Å²) >= 11 is 1.83. The first-order chi connectivity index (χ1) is 9.62. The zero-order valence-corrected chi connectivity index (χ0v) is 12.8. The molecule has 0 unspecified atom stereocenters. The van der Waals surface area contributed by atoms with Gasteiger partial charge in [0.1, 0.15) is 0 Å². The Hall–Kier alpha value is -1.36. The molecule has 1 aromatic rings. The van der Waals surface area contributed by atoms with E-state index in [2.05, 4.69) is 11.6 Å². The van der Waals surface area contributed by atoms with Gasteiger partial charge in [-0.05, 0) is 31.2 Å². The molecule has 110 valence electrons.